The third kappa shape index (κ3) is 5.13. The van der Waals surface area contributed by atoms with E-state index in [0.29, 0.717) is 37.2 Å². The first-order valence-electron chi connectivity index (χ1n) is 9.94. The number of halogens is 1. The number of azide groups is 1. The molecule has 0 N–H and O–H groups in total. The van der Waals surface area contributed by atoms with E-state index < -0.39 is 23.6 Å². The van der Waals surface area contributed by atoms with Crippen LogP contribution in [0.15, 0.2) is 23.3 Å². The molecule has 0 unspecified atom stereocenters. The summed E-state index contributed by atoms with van der Waals surface area (Å²) in [6.45, 7) is 6.71. The zero-order valence-electron chi connectivity index (χ0n) is 17.4. The molecule has 9 nitrogen and oxygen atoms in total. The maximum atomic E-state index is 14.8. The minimum Gasteiger partial charge on any atom is -0.444 e. The fourth-order valence-corrected chi connectivity index (χ4v) is 3.67. The lowest BCUT2D eigenvalue weighted by molar-refractivity contribution is 0.0204. The third-order valence-electron chi connectivity index (χ3n) is 5.10. The molecule has 0 aliphatic carbocycles. The lowest BCUT2D eigenvalue weighted by Crippen LogP contribution is -2.41. The SMILES string of the molecule is CC(C)(C)OC(=O)N1CCC(c2ccc(N3C[C@H](CN=[N+]=[N-])OC3=O)cc2F)CC1. The van der Waals surface area contributed by atoms with Gasteiger partial charge in [-0.1, -0.05) is 11.2 Å². The molecule has 30 heavy (non-hydrogen) atoms. The first-order chi connectivity index (χ1) is 14.2. The minimum atomic E-state index is -0.592. The number of nitrogens with zero attached hydrogens (tertiary/aromatic N) is 5. The molecule has 2 amide bonds. The molecule has 2 saturated heterocycles. The predicted molar refractivity (Wildman–Crippen MR) is 108 cm³/mol. The van der Waals surface area contributed by atoms with Crippen molar-refractivity contribution in [1.29, 1.82) is 0 Å². The van der Waals surface area contributed by atoms with Crippen molar-refractivity contribution in [2.45, 2.75) is 51.2 Å². The van der Waals surface area contributed by atoms with Gasteiger partial charge in [0.1, 0.15) is 17.5 Å². The summed E-state index contributed by atoms with van der Waals surface area (Å²) < 4.78 is 25.4. The summed E-state index contributed by atoms with van der Waals surface area (Å²) in [5.74, 6) is -0.407. The molecule has 1 atom stereocenters. The average Bonchev–Trinajstić information content (AvgIpc) is 3.05. The van der Waals surface area contributed by atoms with E-state index in [-0.39, 0.29) is 25.1 Å². The summed E-state index contributed by atoms with van der Waals surface area (Å²) in [6.07, 6.45) is -0.218. The van der Waals surface area contributed by atoms with Gasteiger partial charge in [-0.15, -0.1) is 0 Å². The van der Waals surface area contributed by atoms with Crippen molar-refractivity contribution in [1.82, 2.24) is 4.90 Å². The highest BCUT2D eigenvalue weighted by molar-refractivity contribution is 5.89. The Kier molecular flexibility index (Phi) is 6.36. The number of piperidine rings is 1. The molecule has 0 bridgehead atoms. The number of carbonyl (C=O) groups excluding carboxylic acids is 2. The largest absolute Gasteiger partial charge is 0.444 e. The monoisotopic (exact) mass is 419 g/mol. The van der Waals surface area contributed by atoms with Crippen molar-refractivity contribution >= 4 is 17.9 Å². The molecule has 1 aromatic carbocycles. The van der Waals surface area contributed by atoms with Crippen molar-refractivity contribution in [2.24, 2.45) is 5.11 Å². The van der Waals surface area contributed by atoms with Crippen LogP contribution in [0.2, 0.25) is 0 Å². The van der Waals surface area contributed by atoms with Crippen molar-refractivity contribution < 1.29 is 23.5 Å². The maximum absolute atomic E-state index is 14.8. The number of rotatable bonds is 4. The van der Waals surface area contributed by atoms with Crippen LogP contribution in [0.1, 0.15) is 45.1 Å². The Morgan fingerprint density at radius 2 is 2.07 bits per heavy atom. The summed E-state index contributed by atoms with van der Waals surface area (Å²) in [7, 11) is 0. The Balaban J connectivity index is 1.62. The van der Waals surface area contributed by atoms with E-state index in [4.69, 9.17) is 15.0 Å². The summed E-state index contributed by atoms with van der Waals surface area (Å²) >= 11 is 0. The van der Waals surface area contributed by atoms with Gasteiger partial charge in [-0.05, 0) is 62.8 Å². The van der Waals surface area contributed by atoms with Crippen LogP contribution in [0.5, 0.6) is 0 Å². The molecular formula is C20H26FN5O4. The highest BCUT2D eigenvalue weighted by Crippen LogP contribution is 2.33. The first kappa shape index (κ1) is 21.7. The molecule has 2 heterocycles. The van der Waals surface area contributed by atoms with Crippen molar-refractivity contribution in [3.8, 4) is 0 Å². The fraction of sp³-hybridized carbons (Fsp3) is 0.600. The van der Waals surface area contributed by atoms with E-state index in [1.165, 1.54) is 11.0 Å². The molecule has 0 saturated carbocycles. The molecule has 0 spiro atoms. The molecule has 0 aromatic heterocycles. The maximum Gasteiger partial charge on any atom is 0.414 e. The molecule has 2 fully saturated rings. The van der Waals surface area contributed by atoms with Crippen LogP contribution in [0.25, 0.3) is 10.4 Å². The van der Waals surface area contributed by atoms with E-state index in [2.05, 4.69) is 10.0 Å². The van der Waals surface area contributed by atoms with Crippen LogP contribution < -0.4 is 4.90 Å². The minimum absolute atomic E-state index is 0.0130. The molecular weight excluding hydrogens is 393 g/mol. The van der Waals surface area contributed by atoms with Gasteiger partial charge in [0.2, 0.25) is 0 Å². The van der Waals surface area contributed by atoms with Gasteiger partial charge in [-0.25, -0.2) is 14.0 Å². The normalized spacial score (nSPS) is 20.0. The van der Waals surface area contributed by atoms with E-state index in [0.717, 1.165) is 0 Å². The number of ether oxygens (including phenoxy) is 2. The van der Waals surface area contributed by atoms with Gasteiger partial charge in [0.05, 0.1) is 18.8 Å². The zero-order valence-corrected chi connectivity index (χ0v) is 17.4. The lowest BCUT2D eigenvalue weighted by Gasteiger charge is -2.33. The summed E-state index contributed by atoms with van der Waals surface area (Å²) in [4.78, 5) is 29.9. The first-order valence-corrected chi connectivity index (χ1v) is 9.94. The number of hydrogen-bond donors (Lipinski definition) is 0. The summed E-state index contributed by atoms with van der Waals surface area (Å²) in [6, 6.07) is 4.70. The Morgan fingerprint density at radius 3 is 2.67 bits per heavy atom. The van der Waals surface area contributed by atoms with E-state index >= 15 is 0 Å². The lowest BCUT2D eigenvalue weighted by atomic mass is 9.89. The molecule has 3 rings (SSSR count). The summed E-state index contributed by atoms with van der Waals surface area (Å²) in [5.41, 5.74) is 8.81. The number of hydrogen-bond acceptors (Lipinski definition) is 5. The van der Waals surface area contributed by atoms with E-state index in [1.54, 1.807) is 17.0 Å². The van der Waals surface area contributed by atoms with Gasteiger partial charge in [0, 0.05) is 18.0 Å². The van der Waals surface area contributed by atoms with Crippen LogP contribution in [0, 0.1) is 5.82 Å². The van der Waals surface area contributed by atoms with E-state index in [9.17, 15) is 14.0 Å². The molecule has 2 aliphatic heterocycles. The highest BCUT2D eigenvalue weighted by Gasteiger charge is 2.33. The number of benzene rings is 1. The Morgan fingerprint density at radius 1 is 1.37 bits per heavy atom. The second kappa shape index (κ2) is 8.79. The molecule has 162 valence electrons. The Labute approximate surface area is 174 Å². The van der Waals surface area contributed by atoms with Crippen LogP contribution in [0.3, 0.4) is 0 Å². The third-order valence-corrected chi connectivity index (χ3v) is 5.10. The molecule has 1 aromatic rings. The van der Waals surface area contributed by atoms with Crippen molar-refractivity contribution in [3.63, 3.8) is 0 Å². The zero-order chi connectivity index (χ0) is 21.9. The topological polar surface area (TPSA) is 108 Å². The molecule has 0 radical (unpaired) electrons. The second-order valence-corrected chi connectivity index (χ2v) is 8.48. The van der Waals surface area contributed by atoms with Gasteiger partial charge < -0.3 is 14.4 Å². The fourth-order valence-electron chi connectivity index (χ4n) is 3.67. The average molecular weight is 419 g/mol. The van der Waals surface area contributed by atoms with E-state index in [1.807, 2.05) is 20.8 Å². The number of anilines is 1. The Bertz CT molecular complexity index is 857. The standard InChI is InChI=1S/C20H26FN5O4/c1-20(2,3)30-18(27)25-8-6-13(7-9-25)16-5-4-14(10-17(16)21)26-12-15(11-23-24-22)29-19(26)28/h4-5,10,13,15H,6-9,11-12H2,1-3H3/t15-/m0/s1. The molecule has 10 heteroatoms. The van der Waals surface area contributed by atoms with Gasteiger partial charge in [0.25, 0.3) is 0 Å². The van der Waals surface area contributed by atoms with Gasteiger partial charge in [-0.3, -0.25) is 4.90 Å². The quantitative estimate of drug-likeness (QED) is 0.404. The number of likely N-dealkylation sites (tertiary alicyclic amines) is 1. The highest BCUT2D eigenvalue weighted by atomic mass is 19.1. The summed E-state index contributed by atoms with van der Waals surface area (Å²) in [5, 5.41) is 3.41. The van der Waals surface area contributed by atoms with Crippen molar-refractivity contribution in [3.05, 3.63) is 40.0 Å². The number of carbonyl (C=O) groups is 2. The molecule has 2 aliphatic rings. The van der Waals surface area contributed by atoms with Gasteiger partial charge >= 0.3 is 12.2 Å². The van der Waals surface area contributed by atoms with Crippen LogP contribution in [0.4, 0.5) is 19.7 Å². The van der Waals surface area contributed by atoms with Gasteiger partial charge in [0.15, 0.2) is 0 Å². The second-order valence-electron chi connectivity index (χ2n) is 8.48. The van der Waals surface area contributed by atoms with Crippen LogP contribution in [-0.2, 0) is 9.47 Å². The van der Waals surface area contributed by atoms with Crippen molar-refractivity contribution in [2.75, 3.05) is 31.1 Å². The van der Waals surface area contributed by atoms with Gasteiger partial charge in [-0.2, -0.15) is 0 Å². The van der Waals surface area contributed by atoms with Crippen LogP contribution in [-0.4, -0.2) is 55.0 Å². The number of cyclic esters (lactones) is 1. The smallest absolute Gasteiger partial charge is 0.414 e. The Hall–Kier alpha value is -3.00. The van der Waals surface area contributed by atoms with Crippen LogP contribution >= 0.6 is 0 Å². The predicted octanol–water partition coefficient (Wildman–Crippen LogP) is 4.58. The number of amides is 2.